The molecule has 27 heavy (non-hydrogen) atoms. The van der Waals surface area contributed by atoms with Gasteiger partial charge in [0.05, 0.1) is 17.9 Å². The first-order chi connectivity index (χ1) is 13.0. The second-order valence-corrected chi connectivity index (χ2v) is 7.68. The van der Waals surface area contributed by atoms with E-state index in [0.29, 0.717) is 0 Å². The zero-order chi connectivity index (χ0) is 19.0. The third kappa shape index (κ3) is 3.50. The SMILES string of the molecule is Cc1nc2c(C)cccc2c(Nc2ccc(N3CCCN(C)C3)cc2)c1C. The number of nitrogens with zero attached hydrogens (tertiary/aromatic N) is 3. The van der Waals surface area contributed by atoms with Crippen LogP contribution in [0.5, 0.6) is 0 Å². The van der Waals surface area contributed by atoms with Gasteiger partial charge >= 0.3 is 0 Å². The van der Waals surface area contributed by atoms with Gasteiger partial charge in [0.1, 0.15) is 0 Å². The van der Waals surface area contributed by atoms with E-state index in [4.69, 9.17) is 4.98 Å². The van der Waals surface area contributed by atoms with E-state index in [1.54, 1.807) is 0 Å². The van der Waals surface area contributed by atoms with Gasteiger partial charge in [0, 0.05) is 35.5 Å². The molecule has 140 valence electrons. The van der Waals surface area contributed by atoms with Crippen molar-refractivity contribution in [3.63, 3.8) is 0 Å². The van der Waals surface area contributed by atoms with Crippen molar-refractivity contribution in [1.29, 1.82) is 0 Å². The molecule has 0 saturated carbocycles. The Labute approximate surface area is 161 Å². The molecule has 4 heteroatoms. The Balaban J connectivity index is 1.65. The summed E-state index contributed by atoms with van der Waals surface area (Å²) >= 11 is 0. The molecule has 0 amide bonds. The van der Waals surface area contributed by atoms with Crippen molar-refractivity contribution in [3.8, 4) is 0 Å². The molecule has 4 nitrogen and oxygen atoms in total. The van der Waals surface area contributed by atoms with Crippen molar-refractivity contribution in [2.24, 2.45) is 0 Å². The van der Waals surface area contributed by atoms with E-state index in [9.17, 15) is 0 Å². The summed E-state index contributed by atoms with van der Waals surface area (Å²) in [5.41, 5.74) is 8.13. The maximum atomic E-state index is 4.81. The fraction of sp³-hybridized carbons (Fsp3) is 0.348. The van der Waals surface area contributed by atoms with Crippen molar-refractivity contribution in [2.45, 2.75) is 27.2 Å². The maximum Gasteiger partial charge on any atom is 0.0755 e. The minimum absolute atomic E-state index is 0.999. The van der Waals surface area contributed by atoms with Crippen molar-refractivity contribution >= 4 is 28.0 Å². The van der Waals surface area contributed by atoms with Gasteiger partial charge in [0.2, 0.25) is 0 Å². The van der Waals surface area contributed by atoms with Crippen LogP contribution in [0.2, 0.25) is 0 Å². The minimum Gasteiger partial charge on any atom is -0.358 e. The van der Waals surface area contributed by atoms with Crippen LogP contribution in [0.15, 0.2) is 42.5 Å². The Kier molecular flexibility index (Phi) is 4.75. The Morgan fingerprint density at radius 2 is 1.74 bits per heavy atom. The number of benzene rings is 2. The van der Waals surface area contributed by atoms with Crippen LogP contribution in [-0.4, -0.2) is 36.7 Å². The first kappa shape index (κ1) is 17.8. The molecule has 0 aliphatic carbocycles. The molecule has 2 aromatic carbocycles. The molecule has 1 saturated heterocycles. The van der Waals surface area contributed by atoms with E-state index in [-0.39, 0.29) is 0 Å². The third-order valence-electron chi connectivity index (χ3n) is 5.59. The van der Waals surface area contributed by atoms with Gasteiger partial charge in [-0.2, -0.15) is 0 Å². The number of pyridine rings is 1. The van der Waals surface area contributed by atoms with Crippen LogP contribution in [0.4, 0.5) is 17.1 Å². The Bertz CT molecular complexity index is 962. The molecule has 2 heterocycles. The molecule has 1 aromatic heterocycles. The highest BCUT2D eigenvalue weighted by molar-refractivity contribution is 5.96. The predicted molar refractivity (Wildman–Crippen MR) is 115 cm³/mol. The first-order valence-corrected chi connectivity index (χ1v) is 9.70. The number of hydrogen-bond donors (Lipinski definition) is 1. The van der Waals surface area contributed by atoms with Crippen LogP contribution >= 0.6 is 0 Å². The molecular formula is C23H28N4. The summed E-state index contributed by atoms with van der Waals surface area (Å²) in [6.45, 7) is 9.66. The van der Waals surface area contributed by atoms with Crippen LogP contribution in [0, 0.1) is 20.8 Å². The van der Waals surface area contributed by atoms with Crippen molar-refractivity contribution in [3.05, 3.63) is 59.3 Å². The van der Waals surface area contributed by atoms with Gasteiger partial charge in [-0.1, -0.05) is 18.2 Å². The van der Waals surface area contributed by atoms with E-state index < -0.39 is 0 Å². The Hall–Kier alpha value is -2.59. The van der Waals surface area contributed by atoms with E-state index in [0.717, 1.165) is 35.8 Å². The molecule has 0 atom stereocenters. The normalized spacial score (nSPS) is 15.3. The van der Waals surface area contributed by atoms with Gasteiger partial charge in [-0.25, -0.2) is 0 Å². The van der Waals surface area contributed by atoms with E-state index >= 15 is 0 Å². The molecule has 1 aliphatic heterocycles. The van der Waals surface area contributed by atoms with Crippen LogP contribution in [0.3, 0.4) is 0 Å². The highest BCUT2D eigenvalue weighted by Crippen LogP contribution is 2.32. The number of fused-ring (bicyclic) bond motifs is 1. The summed E-state index contributed by atoms with van der Waals surface area (Å²) in [6, 6.07) is 15.2. The van der Waals surface area contributed by atoms with Gasteiger partial charge in [0.25, 0.3) is 0 Å². The molecule has 0 bridgehead atoms. The summed E-state index contributed by atoms with van der Waals surface area (Å²) < 4.78 is 0. The van der Waals surface area contributed by atoms with Crippen molar-refractivity contribution < 1.29 is 0 Å². The van der Waals surface area contributed by atoms with Crippen molar-refractivity contribution in [1.82, 2.24) is 9.88 Å². The van der Waals surface area contributed by atoms with Gasteiger partial charge in [-0.05, 0) is 69.6 Å². The summed E-state index contributed by atoms with van der Waals surface area (Å²) in [5, 5.41) is 4.83. The zero-order valence-electron chi connectivity index (χ0n) is 16.7. The van der Waals surface area contributed by atoms with Gasteiger partial charge in [-0.3, -0.25) is 9.88 Å². The van der Waals surface area contributed by atoms with E-state index in [2.05, 4.69) is 85.4 Å². The van der Waals surface area contributed by atoms with Gasteiger partial charge < -0.3 is 10.2 Å². The summed E-state index contributed by atoms with van der Waals surface area (Å²) in [4.78, 5) is 9.61. The maximum absolute atomic E-state index is 4.81. The quantitative estimate of drug-likeness (QED) is 0.712. The van der Waals surface area contributed by atoms with Crippen LogP contribution < -0.4 is 10.2 Å². The molecule has 0 radical (unpaired) electrons. The number of para-hydroxylation sites is 1. The number of anilines is 3. The average Bonchev–Trinajstić information content (AvgIpc) is 2.67. The standard InChI is InChI=1S/C23H28N4/c1-16-7-5-8-21-22(16)24-18(3)17(2)23(21)25-19-9-11-20(12-10-19)27-14-6-13-26(4)15-27/h5,7-12H,6,13-15H2,1-4H3,(H,24,25). The highest BCUT2D eigenvalue weighted by Gasteiger charge is 2.15. The summed E-state index contributed by atoms with van der Waals surface area (Å²) in [7, 11) is 2.18. The van der Waals surface area contributed by atoms with Crippen LogP contribution in [0.25, 0.3) is 10.9 Å². The third-order valence-corrected chi connectivity index (χ3v) is 5.59. The van der Waals surface area contributed by atoms with Crippen LogP contribution in [-0.2, 0) is 0 Å². The molecule has 1 aliphatic rings. The largest absolute Gasteiger partial charge is 0.358 e. The smallest absolute Gasteiger partial charge is 0.0755 e. The molecular weight excluding hydrogens is 332 g/mol. The lowest BCUT2D eigenvalue weighted by molar-refractivity contribution is 0.292. The molecule has 1 N–H and O–H groups in total. The number of rotatable bonds is 3. The second kappa shape index (κ2) is 7.20. The average molecular weight is 361 g/mol. The summed E-state index contributed by atoms with van der Waals surface area (Å²) in [6.07, 6.45) is 1.22. The molecule has 1 fully saturated rings. The second-order valence-electron chi connectivity index (χ2n) is 7.68. The number of aryl methyl sites for hydroxylation is 2. The lowest BCUT2D eigenvalue weighted by Crippen LogP contribution is -2.42. The first-order valence-electron chi connectivity index (χ1n) is 9.70. The van der Waals surface area contributed by atoms with E-state index in [1.807, 2.05) is 0 Å². The molecule has 3 aromatic rings. The Morgan fingerprint density at radius 1 is 0.963 bits per heavy atom. The lowest BCUT2D eigenvalue weighted by Gasteiger charge is -2.35. The fourth-order valence-corrected chi connectivity index (χ4v) is 3.88. The molecule has 0 spiro atoms. The lowest BCUT2D eigenvalue weighted by atomic mass is 10.0. The number of aromatic nitrogens is 1. The Morgan fingerprint density at radius 3 is 2.48 bits per heavy atom. The predicted octanol–water partition coefficient (Wildman–Crippen LogP) is 5.00. The number of nitrogens with one attached hydrogen (secondary N) is 1. The molecule has 4 rings (SSSR count). The molecule has 0 unspecified atom stereocenters. The van der Waals surface area contributed by atoms with Crippen molar-refractivity contribution in [2.75, 3.05) is 37.0 Å². The zero-order valence-corrected chi connectivity index (χ0v) is 16.7. The number of hydrogen-bond acceptors (Lipinski definition) is 4. The highest BCUT2D eigenvalue weighted by atomic mass is 15.3. The van der Waals surface area contributed by atoms with Crippen LogP contribution in [0.1, 0.15) is 23.2 Å². The summed E-state index contributed by atoms with van der Waals surface area (Å²) in [5.74, 6) is 0. The fourth-order valence-electron chi connectivity index (χ4n) is 3.88. The monoisotopic (exact) mass is 360 g/mol. The minimum atomic E-state index is 0.999. The van der Waals surface area contributed by atoms with Gasteiger partial charge in [-0.15, -0.1) is 0 Å². The van der Waals surface area contributed by atoms with E-state index in [1.165, 1.54) is 35.2 Å². The topological polar surface area (TPSA) is 31.4 Å². The van der Waals surface area contributed by atoms with Gasteiger partial charge in [0.15, 0.2) is 0 Å².